The fraction of sp³-hybridized carbons (Fsp3) is 0.455. The van der Waals surface area contributed by atoms with Crippen molar-refractivity contribution in [1.82, 2.24) is 9.88 Å². The van der Waals surface area contributed by atoms with E-state index < -0.39 is 10.8 Å². The molecule has 7 nitrogen and oxygen atoms in total. The summed E-state index contributed by atoms with van der Waals surface area (Å²) in [7, 11) is 3.10. The number of hydrogen-bond donors (Lipinski definition) is 0. The number of nitrogens with zero attached hydrogens (tertiary/aromatic N) is 3. The number of rotatable bonds is 5. The van der Waals surface area contributed by atoms with Crippen molar-refractivity contribution in [2.45, 2.75) is 13.0 Å². The highest BCUT2D eigenvalue weighted by Gasteiger charge is 2.23. The Morgan fingerprint density at radius 1 is 1.68 bits per heavy atom. The molecule has 0 fully saturated rings. The molecule has 1 aromatic rings. The number of carbonyl (C=O) groups is 1. The Balaban J connectivity index is 3.04. The van der Waals surface area contributed by atoms with Gasteiger partial charge in [-0.05, 0) is 6.92 Å². The Kier molecular flexibility index (Phi) is 5.20. The standard InChI is InChI=1S/C11H14ClN3O4/c1-7(6-19-3)14(2)11(16)9-4-8(15(17)18)5-13-10(9)12/h4-5,7H,6H2,1-3H3. The Morgan fingerprint density at radius 2 is 2.32 bits per heavy atom. The number of carbonyl (C=O) groups excluding carboxylic acids is 1. The lowest BCUT2D eigenvalue weighted by Gasteiger charge is -2.24. The summed E-state index contributed by atoms with van der Waals surface area (Å²) in [5, 5.41) is 10.6. The molecule has 0 saturated carbocycles. The summed E-state index contributed by atoms with van der Waals surface area (Å²) in [5.74, 6) is -0.439. The second kappa shape index (κ2) is 6.44. The monoisotopic (exact) mass is 287 g/mol. The lowest BCUT2D eigenvalue weighted by Crippen LogP contribution is -2.38. The van der Waals surface area contributed by atoms with Crippen LogP contribution in [0.15, 0.2) is 12.3 Å². The smallest absolute Gasteiger partial charge is 0.288 e. The lowest BCUT2D eigenvalue weighted by atomic mass is 10.2. The number of nitro groups is 1. The van der Waals surface area contributed by atoms with Gasteiger partial charge in [-0.3, -0.25) is 14.9 Å². The molecule has 1 rings (SSSR count). The van der Waals surface area contributed by atoms with Crippen LogP contribution in [-0.2, 0) is 4.74 Å². The van der Waals surface area contributed by atoms with E-state index in [-0.39, 0.29) is 22.4 Å². The second-order valence-electron chi connectivity index (χ2n) is 4.01. The van der Waals surface area contributed by atoms with E-state index in [1.54, 1.807) is 14.0 Å². The summed E-state index contributed by atoms with van der Waals surface area (Å²) in [5.41, 5.74) is -0.276. The predicted octanol–water partition coefficient (Wildman–Crippen LogP) is 1.75. The topological polar surface area (TPSA) is 85.6 Å². The Morgan fingerprint density at radius 3 is 2.84 bits per heavy atom. The van der Waals surface area contributed by atoms with E-state index in [4.69, 9.17) is 16.3 Å². The van der Waals surface area contributed by atoms with Crippen molar-refractivity contribution in [1.29, 1.82) is 0 Å². The maximum atomic E-state index is 12.2. The number of aromatic nitrogens is 1. The molecule has 1 unspecified atom stereocenters. The van der Waals surface area contributed by atoms with Crippen molar-refractivity contribution >= 4 is 23.2 Å². The van der Waals surface area contributed by atoms with Crippen LogP contribution in [0.25, 0.3) is 0 Å². The number of methoxy groups -OCH3 is 1. The van der Waals surface area contributed by atoms with Gasteiger partial charge < -0.3 is 9.64 Å². The third-order valence-electron chi connectivity index (χ3n) is 2.66. The molecular weight excluding hydrogens is 274 g/mol. The van der Waals surface area contributed by atoms with E-state index in [1.165, 1.54) is 12.0 Å². The second-order valence-corrected chi connectivity index (χ2v) is 4.37. The van der Waals surface area contributed by atoms with Gasteiger partial charge in [0, 0.05) is 20.2 Å². The van der Waals surface area contributed by atoms with Crippen molar-refractivity contribution in [3.8, 4) is 0 Å². The zero-order chi connectivity index (χ0) is 14.6. The van der Waals surface area contributed by atoms with Crippen LogP contribution in [-0.4, -0.2) is 47.5 Å². The van der Waals surface area contributed by atoms with Crippen LogP contribution in [0.2, 0.25) is 5.15 Å². The summed E-state index contributed by atoms with van der Waals surface area (Å²) >= 11 is 5.81. The maximum absolute atomic E-state index is 12.2. The molecule has 0 saturated heterocycles. The van der Waals surface area contributed by atoms with Gasteiger partial charge in [-0.15, -0.1) is 0 Å². The molecular formula is C11H14ClN3O4. The van der Waals surface area contributed by atoms with Gasteiger partial charge in [0.1, 0.15) is 11.3 Å². The van der Waals surface area contributed by atoms with E-state index in [0.717, 1.165) is 12.3 Å². The average Bonchev–Trinajstić information content (AvgIpc) is 2.37. The molecule has 19 heavy (non-hydrogen) atoms. The average molecular weight is 288 g/mol. The van der Waals surface area contributed by atoms with Crippen LogP contribution < -0.4 is 0 Å². The molecule has 0 aliphatic rings. The van der Waals surface area contributed by atoms with E-state index in [2.05, 4.69) is 4.98 Å². The zero-order valence-corrected chi connectivity index (χ0v) is 11.5. The van der Waals surface area contributed by atoms with Crippen LogP contribution in [0, 0.1) is 10.1 Å². The quantitative estimate of drug-likeness (QED) is 0.468. The van der Waals surface area contributed by atoms with E-state index in [0.29, 0.717) is 6.61 Å². The normalized spacial score (nSPS) is 12.0. The van der Waals surface area contributed by atoms with Crippen molar-refractivity contribution in [2.75, 3.05) is 20.8 Å². The Bertz CT molecular complexity index is 495. The van der Waals surface area contributed by atoms with Crippen LogP contribution in [0.1, 0.15) is 17.3 Å². The summed E-state index contributed by atoms with van der Waals surface area (Å²) in [6.45, 7) is 2.14. The summed E-state index contributed by atoms with van der Waals surface area (Å²) in [4.78, 5) is 27.3. The molecule has 0 bridgehead atoms. The number of ether oxygens (including phenoxy) is 1. The molecule has 8 heteroatoms. The summed E-state index contributed by atoms with van der Waals surface area (Å²) in [6.07, 6.45) is 1.01. The molecule has 0 aromatic carbocycles. The number of pyridine rings is 1. The van der Waals surface area contributed by atoms with Gasteiger partial charge >= 0.3 is 0 Å². The van der Waals surface area contributed by atoms with Crippen LogP contribution in [0.4, 0.5) is 5.69 Å². The number of likely N-dealkylation sites (N-methyl/N-ethyl adjacent to an activating group) is 1. The van der Waals surface area contributed by atoms with Gasteiger partial charge in [-0.1, -0.05) is 11.6 Å². The molecule has 0 aliphatic heterocycles. The Hall–Kier alpha value is -1.73. The molecule has 1 amide bonds. The molecule has 1 heterocycles. The highest BCUT2D eigenvalue weighted by Crippen LogP contribution is 2.21. The molecule has 1 atom stereocenters. The first-order valence-electron chi connectivity index (χ1n) is 5.44. The third-order valence-corrected chi connectivity index (χ3v) is 2.96. The van der Waals surface area contributed by atoms with Crippen LogP contribution in [0.5, 0.6) is 0 Å². The van der Waals surface area contributed by atoms with Crippen molar-refractivity contribution in [3.05, 3.63) is 33.1 Å². The third kappa shape index (κ3) is 3.62. The first-order chi connectivity index (χ1) is 8.88. The highest BCUT2D eigenvalue weighted by atomic mass is 35.5. The van der Waals surface area contributed by atoms with Gasteiger partial charge in [-0.25, -0.2) is 4.98 Å². The number of amides is 1. The summed E-state index contributed by atoms with van der Waals surface area (Å²) < 4.78 is 4.95. The van der Waals surface area contributed by atoms with Crippen molar-refractivity contribution in [2.24, 2.45) is 0 Å². The zero-order valence-electron chi connectivity index (χ0n) is 10.8. The first kappa shape index (κ1) is 15.3. The van der Waals surface area contributed by atoms with Gasteiger partial charge in [0.2, 0.25) is 0 Å². The minimum Gasteiger partial charge on any atom is -0.383 e. The maximum Gasteiger partial charge on any atom is 0.288 e. The largest absolute Gasteiger partial charge is 0.383 e. The lowest BCUT2D eigenvalue weighted by molar-refractivity contribution is -0.385. The van der Waals surface area contributed by atoms with Crippen molar-refractivity contribution < 1.29 is 14.5 Å². The van der Waals surface area contributed by atoms with Crippen molar-refractivity contribution in [3.63, 3.8) is 0 Å². The molecule has 0 aliphatic carbocycles. The fourth-order valence-corrected chi connectivity index (χ4v) is 1.61. The fourth-order valence-electron chi connectivity index (χ4n) is 1.43. The summed E-state index contributed by atoms with van der Waals surface area (Å²) in [6, 6.07) is 0.932. The van der Waals surface area contributed by atoms with Gasteiger partial charge in [0.25, 0.3) is 11.6 Å². The number of halogens is 1. The Labute approximate surface area is 115 Å². The minimum absolute atomic E-state index is 0.00122. The van der Waals surface area contributed by atoms with Crippen LogP contribution in [0.3, 0.4) is 0 Å². The van der Waals surface area contributed by atoms with Crippen LogP contribution >= 0.6 is 11.6 Å². The van der Waals surface area contributed by atoms with E-state index >= 15 is 0 Å². The van der Waals surface area contributed by atoms with Gasteiger partial charge in [0.15, 0.2) is 0 Å². The highest BCUT2D eigenvalue weighted by molar-refractivity contribution is 6.32. The minimum atomic E-state index is -0.626. The number of hydrogen-bond acceptors (Lipinski definition) is 5. The molecule has 0 radical (unpaired) electrons. The van der Waals surface area contributed by atoms with Gasteiger partial charge in [0.05, 0.1) is 23.1 Å². The van der Waals surface area contributed by atoms with E-state index in [9.17, 15) is 14.9 Å². The first-order valence-corrected chi connectivity index (χ1v) is 5.82. The molecule has 0 N–H and O–H groups in total. The predicted molar refractivity (Wildman–Crippen MR) is 69.3 cm³/mol. The SMILES string of the molecule is COCC(C)N(C)C(=O)c1cc([N+](=O)[O-])cnc1Cl. The molecule has 104 valence electrons. The molecule has 1 aromatic heterocycles. The van der Waals surface area contributed by atoms with E-state index in [1.807, 2.05) is 0 Å². The van der Waals surface area contributed by atoms with Gasteiger partial charge in [-0.2, -0.15) is 0 Å². The molecule has 0 spiro atoms.